The number of para-hydroxylation sites is 1. The van der Waals surface area contributed by atoms with Crippen molar-refractivity contribution in [1.29, 1.82) is 0 Å². The van der Waals surface area contributed by atoms with Crippen LogP contribution in [-0.2, 0) is 14.4 Å². The van der Waals surface area contributed by atoms with Crippen molar-refractivity contribution in [2.75, 3.05) is 25.5 Å². The second kappa shape index (κ2) is 7.43. The molecule has 3 heterocycles. The summed E-state index contributed by atoms with van der Waals surface area (Å²) in [6, 6.07) is 4.59. The number of amides is 3. The lowest BCUT2D eigenvalue weighted by atomic mass is 9.66. The molecule has 5 atom stereocenters. The van der Waals surface area contributed by atoms with Crippen LogP contribution in [-0.4, -0.2) is 63.5 Å². The average molecular weight is 452 g/mol. The van der Waals surface area contributed by atoms with Gasteiger partial charge in [-0.25, -0.2) is 0 Å². The van der Waals surface area contributed by atoms with Crippen molar-refractivity contribution in [1.82, 2.24) is 10.2 Å². The Morgan fingerprint density at radius 2 is 2.07 bits per heavy atom. The minimum absolute atomic E-state index is 0.0500. The quantitative estimate of drug-likeness (QED) is 0.634. The summed E-state index contributed by atoms with van der Waals surface area (Å²) >= 11 is 7.90. The highest BCUT2D eigenvalue weighted by atomic mass is 35.5. The third kappa shape index (κ3) is 2.87. The summed E-state index contributed by atoms with van der Waals surface area (Å²) in [6.07, 6.45) is 1.42. The number of halogens is 1. The number of carbonyl (C=O) groups excluding carboxylic acids is 3. The standard InChI is InChI=1S/C21H26ClN3O4S/c1-11-5-4-6-12(22)15(11)24-18(28)16-21-8-7-20(2,30-21)13(17(27)23-3)14(21)19(29)25(16)9-10-26/h4-6,13-14,16,26H,7-10H2,1-3H3,(H,23,27)(H,24,28)/t13-,14-,16?,20+,21?/m0/s1. The van der Waals surface area contributed by atoms with E-state index in [2.05, 4.69) is 10.6 Å². The summed E-state index contributed by atoms with van der Waals surface area (Å²) in [5, 5.41) is 15.6. The van der Waals surface area contributed by atoms with E-state index in [0.717, 1.165) is 12.0 Å². The molecule has 1 aromatic rings. The lowest BCUT2D eigenvalue weighted by Crippen LogP contribution is -2.52. The Morgan fingerprint density at radius 1 is 1.33 bits per heavy atom. The summed E-state index contributed by atoms with van der Waals surface area (Å²) in [5.74, 6) is -1.82. The molecule has 9 heteroatoms. The van der Waals surface area contributed by atoms with Crippen LogP contribution in [0, 0.1) is 18.8 Å². The first kappa shape index (κ1) is 21.5. The van der Waals surface area contributed by atoms with Gasteiger partial charge in [-0.1, -0.05) is 23.7 Å². The smallest absolute Gasteiger partial charge is 0.248 e. The fraction of sp³-hybridized carbons (Fsp3) is 0.571. The molecule has 1 spiro atoms. The highest BCUT2D eigenvalue weighted by Crippen LogP contribution is 2.71. The lowest BCUT2D eigenvalue weighted by molar-refractivity contribution is -0.140. The molecule has 1 aromatic carbocycles. The van der Waals surface area contributed by atoms with E-state index in [9.17, 15) is 19.5 Å². The van der Waals surface area contributed by atoms with Gasteiger partial charge in [0, 0.05) is 18.3 Å². The molecule has 3 aliphatic rings. The number of β-amino-alcohol motifs (C(OH)–C–C–N with tert-alkyl or cyclic N) is 1. The Labute approximate surface area is 184 Å². The minimum Gasteiger partial charge on any atom is -0.395 e. The van der Waals surface area contributed by atoms with Gasteiger partial charge in [0.15, 0.2) is 0 Å². The molecule has 0 aromatic heterocycles. The van der Waals surface area contributed by atoms with E-state index in [1.165, 1.54) is 4.90 Å². The van der Waals surface area contributed by atoms with Crippen LogP contribution < -0.4 is 10.6 Å². The molecule has 3 saturated heterocycles. The van der Waals surface area contributed by atoms with Crippen molar-refractivity contribution in [3.05, 3.63) is 28.8 Å². The zero-order valence-corrected chi connectivity index (χ0v) is 18.8. The maximum absolute atomic E-state index is 13.6. The number of fused-ring (bicyclic) bond motifs is 1. The molecule has 162 valence electrons. The zero-order chi connectivity index (χ0) is 21.8. The number of nitrogens with zero attached hydrogens (tertiary/aromatic N) is 1. The van der Waals surface area contributed by atoms with Crippen LogP contribution in [0.1, 0.15) is 25.3 Å². The van der Waals surface area contributed by atoms with Gasteiger partial charge in [0.25, 0.3) is 0 Å². The predicted molar refractivity (Wildman–Crippen MR) is 116 cm³/mol. The summed E-state index contributed by atoms with van der Waals surface area (Å²) < 4.78 is -1.10. The summed E-state index contributed by atoms with van der Waals surface area (Å²) in [7, 11) is 1.57. The molecular formula is C21H26ClN3O4S. The van der Waals surface area contributed by atoms with Crippen molar-refractivity contribution in [3.63, 3.8) is 0 Å². The maximum Gasteiger partial charge on any atom is 0.248 e. The van der Waals surface area contributed by atoms with Crippen molar-refractivity contribution >= 4 is 46.8 Å². The Kier molecular flexibility index (Phi) is 5.31. The largest absolute Gasteiger partial charge is 0.395 e. The molecule has 2 bridgehead atoms. The molecule has 3 N–H and O–H groups in total. The van der Waals surface area contributed by atoms with Crippen LogP contribution in [0.25, 0.3) is 0 Å². The van der Waals surface area contributed by atoms with E-state index in [-0.39, 0.29) is 30.9 Å². The Hall–Kier alpha value is -1.77. The number of anilines is 1. The van der Waals surface area contributed by atoms with Gasteiger partial charge in [-0.05, 0) is 38.3 Å². The highest BCUT2D eigenvalue weighted by molar-refractivity contribution is 8.02. The zero-order valence-electron chi connectivity index (χ0n) is 17.2. The van der Waals surface area contributed by atoms with E-state index in [4.69, 9.17) is 11.6 Å². The van der Waals surface area contributed by atoms with E-state index in [1.54, 1.807) is 24.9 Å². The van der Waals surface area contributed by atoms with Crippen molar-refractivity contribution in [3.8, 4) is 0 Å². The number of aryl methyl sites for hydroxylation is 1. The van der Waals surface area contributed by atoms with E-state index in [1.807, 2.05) is 26.0 Å². The minimum atomic E-state index is -0.778. The molecule has 0 aliphatic carbocycles. The average Bonchev–Trinajstić information content (AvgIpc) is 3.26. The molecular weight excluding hydrogens is 426 g/mol. The van der Waals surface area contributed by atoms with Gasteiger partial charge in [-0.3, -0.25) is 14.4 Å². The van der Waals surface area contributed by atoms with E-state index < -0.39 is 27.4 Å². The molecule has 3 aliphatic heterocycles. The Morgan fingerprint density at radius 3 is 2.70 bits per heavy atom. The number of benzene rings is 1. The van der Waals surface area contributed by atoms with Gasteiger partial charge in [-0.2, -0.15) is 0 Å². The molecule has 0 saturated carbocycles. The number of carbonyl (C=O) groups is 3. The first-order chi connectivity index (χ1) is 14.2. The number of rotatable bonds is 5. The fourth-order valence-corrected chi connectivity index (χ4v) is 8.24. The molecule has 3 amide bonds. The fourth-order valence-electron chi connectivity index (χ4n) is 5.61. The molecule has 3 fully saturated rings. The van der Waals surface area contributed by atoms with Gasteiger partial charge >= 0.3 is 0 Å². The number of thioether (sulfide) groups is 1. The number of hydrogen-bond acceptors (Lipinski definition) is 5. The molecule has 30 heavy (non-hydrogen) atoms. The topological polar surface area (TPSA) is 98.7 Å². The van der Waals surface area contributed by atoms with Crippen molar-refractivity contribution < 1.29 is 19.5 Å². The molecule has 2 unspecified atom stereocenters. The maximum atomic E-state index is 13.6. The van der Waals surface area contributed by atoms with E-state index in [0.29, 0.717) is 17.1 Å². The van der Waals surface area contributed by atoms with Crippen LogP contribution >= 0.6 is 23.4 Å². The number of aliphatic hydroxyl groups is 1. The van der Waals surface area contributed by atoms with Crippen LogP contribution in [0.4, 0.5) is 5.69 Å². The molecule has 7 nitrogen and oxygen atoms in total. The molecule has 0 radical (unpaired) electrons. The van der Waals surface area contributed by atoms with E-state index >= 15 is 0 Å². The SMILES string of the molecule is CNC(=O)[C@@H]1[C@H]2C(=O)N(CCO)C(C(=O)Nc3c(C)cccc3Cl)C23CC[C@@]1(C)S3. The predicted octanol–water partition coefficient (Wildman–Crippen LogP) is 1.81. The van der Waals surface area contributed by atoms with Gasteiger partial charge in [0.2, 0.25) is 17.7 Å². The van der Waals surface area contributed by atoms with Crippen LogP contribution in [0.15, 0.2) is 18.2 Å². The molecule has 4 rings (SSSR count). The number of aliphatic hydroxyl groups excluding tert-OH is 1. The van der Waals surface area contributed by atoms with Gasteiger partial charge in [-0.15, -0.1) is 11.8 Å². The van der Waals surface area contributed by atoms with Crippen molar-refractivity contribution in [2.45, 2.75) is 42.2 Å². The third-order valence-corrected chi connectivity index (χ3v) is 9.17. The number of likely N-dealkylation sites (tertiary alicyclic amines) is 1. The first-order valence-electron chi connectivity index (χ1n) is 10.1. The third-order valence-electron chi connectivity index (χ3n) is 6.86. The highest BCUT2D eigenvalue weighted by Gasteiger charge is 2.76. The van der Waals surface area contributed by atoms with Crippen LogP contribution in [0.3, 0.4) is 0 Å². The second-order valence-corrected chi connectivity index (χ2v) is 10.8. The summed E-state index contributed by atoms with van der Waals surface area (Å²) in [6.45, 7) is 3.67. The number of hydrogen-bond donors (Lipinski definition) is 3. The Balaban J connectivity index is 1.76. The van der Waals surface area contributed by atoms with Crippen molar-refractivity contribution in [2.24, 2.45) is 11.8 Å². The lowest BCUT2D eigenvalue weighted by Gasteiger charge is -2.34. The second-order valence-electron chi connectivity index (χ2n) is 8.52. The number of nitrogens with one attached hydrogen (secondary N) is 2. The normalized spacial score (nSPS) is 34.2. The van der Waals surface area contributed by atoms with Gasteiger partial charge in [0.1, 0.15) is 6.04 Å². The van der Waals surface area contributed by atoms with Crippen LogP contribution in [0.5, 0.6) is 0 Å². The van der Waals surface area contributed by atoms with Gasteiger partial charge < -0.3 is 20.6 Å². The first-order valence-corrected chi connectivity index (χ1v) is 11.3. The summed E-state index contributed by atoms with van der Waals surface area (Å²) in [5.41, 5.74) is 1.34. The van der Waals surface area contributed by atoms with Crippen LogP contribution in [0.2, 0.25) is 5.02 Å². The Bertz CT molecular complexity index is 907. The van der Waals surface area contributed by atoms with Gasteiger partial charge in [0.05, 0.1) is 33.9 Å². The summed E-state index contributed by atoms with van der Waals surface area (Å²) in [4.78, 5) is 41.2. The monoisotopic (exact) mass is 451 g/mol.